The van der Waals surface area contributed by atoms with E-state index in [2.05, 4.69) is 0 Å². The predicted octanol–water partition coefficient (Wildman–Crippen LogP) is 1.92. The van der Waals surface area contributed by atoms with E-state index in [1.165, 1.54) is 0 Å². The molecule has 0 aliphatic heterocycles. The summed E-state index contributed by atoms with van der Waals surface area (Å²) in [5.41, 5.74) is -0.0889. The molecule has 0 spiro atoms. The number of rotatable bonds is 3. The van der Waals surface area contributed by atoms with E-state index in [1.807, 2.05) is 0 Å². The molecule has 0 amide bonds. The Balaban J connectivity index is 2.31. The molecule has 0 unspecified atom stereocenters. The summed E-state index contributed by atoms with van der Waals surface area (Å²) >= 11 is 0. The Kier molecular flexibility index (Phi) is 2.34. The van der Waals surface area contributed by atoms with E-state index < -0.39 is 28.5 Å². The molecule has 0 bridgehead atoms. The standard InChI is InChI=1S/C10H8FNO4/c11-9-2-1-5(12(15)16)3-7(9)6-4-8(6)10(13)14/h1-3,6,8H,4H2,(H,13,14)/t6-,8+/m0/s1. The maximum atomic E-state index is 13.3. The molecular weight excluding hydrogens is 217 g/mol. The van der Waals surface area contributed by atoms with Crippen LogP contribution in [0.15, 0.2) is 18.2 Å². The van der Waals surface area contributed by atoms with Gasteiger partial charge in [0.1, 0.15) is 5.82 Å². The number of aliphatic carboxylic acids is 1. The second-order valence-corrected chi connectivity index (χ2v) is 3.75. The van der Waals surface area contributed by atoms with Crippen molar-refractivity contribution < 1.29 is 19.2 Å². The van der Waals surface area contributed by atoms with Crippen molar-refractivity contribution in [3.63, 3.8) is 0 Å². The Morgan fingerprint density at radius 3 is 2.75 bits per heavy atom. The Morgan fingerprint density at radius 2 is 2.25 bits per heavy atom. The monoisotopic (exact) mass is 225 g/mol. The van der Waals surface area contributed by atoms with Crippen LogP contribution in [0.3, 0.4) is 0 Å². The SMILES string of the molecule is O=C(O)[C@@H]1C[C@H]1c1cc([N+](=O)[O-])ccc1F. The van der Waals surface area contributed by atoms with E-state index >= 15 is 0 Å². The van der Waals surface area contributed by atoms with Crippen molar-refractivity contribution in [2.24, 2.45) is 5.92 Å². The minimum absolute atomic E-state index is 0.126. The number of hydrogen-bond acceptors (Lipinski definition) is 3. The summed E-state index contributed by atoms with van der Waals surface area (Å²) in [5, 5.41) is 19.2. The first-order valence-electron chi connectivity index (χ1n) is 4.67. The van der Waals surface area contributed by atoms with Crippen LogP contribution in [0.4, 0.5) is 10.1 Å². The van der Waals surface area contributed by atoms with Gasteiger partial charge in [-0.2, -0.15) is 0 Å². The second kappa shape index (κ2) is 3.55. The summed E-state index contributed by atoms with van der Waals surface area (Å²) in [6.45, 7) is 0. The third-order valence-electron chi connectivity index (χ3n) is 2.70. The smallest absolute Gasteiger partial charge is 0.307 e. The number of carbonyl (C=O) groups is 1. The molecule has 0 saturated heterocycles. The molecule has 1 aliphatic carbocycles. The normalized spacial score (nSPS) is 22.8. The zero-order valence-corrected chi connectivity index (χ0v) is 8.09. The molecule has 1 aromatic carbocycles. The van der Waals surface area contributed by atoms with Crippen LogP contribution in [0.2, 0.25) is 0 Å². The average molecular weight is 225 g/mol. The average Bonchev–Trinajstić information content (AvgIpc) is 2.97. The number of benzene rings is 1. The van der Waals surface area contributed by atoms with Crippen LogP contribution in [-0.4, -0.2) is 16.0 Å². The van der Waals surface area contributed by atoms with Crippen LogP contribution in [0.1, 0.15) is 17.9 Å². The highest BCUT2D eigenvalue weighted by Crippen LogP contribution is 2.48. The second-order valence-electron chi connectivity index (χ2n) is 3.75. The number of hydrogen-bond donors (Lipinski definition) is 1. The summed E-state index contributed by atoms with van der Waals surface area (Å²) in [7, 11) is 0. The summed E-state index contributed by atoms with van der Waals surface area (Å²) < 4.78 is 13.3. The molecule has 5 nitrogen and oxygen atoms in total. The Labute approximate surface area is 89.7 Å². The van der Waals surface area contributed by atoms with Gasteiger partial charge in [-0.1, -0.05) is 0 Å². The van der Waals surface area contributed by atoms with E-state index in [0.29, 0.717) is 6.42 Å². The van der Waals surface area contributed by atoms with E-state index in [0.717, 1.165) is 18.2 Å². The first kappa shape index (κ1) is 10.5. The lowest BCUT2D eigenvalue weighted by atomic mass is 10.1. The zero-order valence-electron chi connectivity index (χ0n) is 8.09. The topological polar surface area (TPSA) is 80.4 Å². The van der Waals surface area contributed by atoms with Crippen LogP contribution in [-0.2, 0) is 4.79 Å². The van der Waals surface area contributed by atoms with Crippen LogP contribution in [0.5, 0.6) is 0 Å². The third-order valence-corrected chi connectivity index (χ3v) is 2.70. The Morgan fingerprint density at radius 1 is 1.56 bits per heavy atom. The molecular formula is C10H8FNO4. The highest BCUT2D eigenvalue weighted by atomic mass is 19.1. The lowest BCUT2D eigenvalue weighted by Crippen LogP contribution is -2.00. The molecule has 1 fully saturated rings. The first-order chi connectivity index (χ1) is 7.50. The van der Waals surface area contributed by atoms with E-state index in [-0.39, 0.29) is 11.3 Å². The fourth-order valence-electron chi connectivity index (χ4n) is 1.74. The van der Waals surface area contributed by atoms with Crippen LogP contribution in [0, 0.1) is 21.8 Å². The molecule has 1 aromatic rings. The minimum Gasteiger partial charge on any atom is -0.481 e. The third kappa shape index (κ3) is 1.73. The number of nitrogens with zero attached hydrogens (tertiary/aromatic N) is 1. The number of nitro groups is 1. The van der Waals surface area contributed by atoms with Crippen molar-refractivity contribution >= 4 is 11.7 Å². The lowest BCUT2D eigenvalue weighted by Gasteiger charge is -2.00. The molecule has 0 aromatic heterocycles. The summed E-state index contributed by atoms with van der Waals surface area (Å²) in [5.74, 6) is -2.62. The number of non-ortho nitro benzene ring substituents is 1. The van der Waals surface area contributed by atoms with E-state index in [1.54, 1.807) is 0 Å². The highest BCUT2D eigenvalue weighted by molar-refractivity contribution is 5.75. The summed E-state index contributed by atoms with van der Waals surface area (Å²) in [4.78, 5) is 20.5. The molecule has 1 saturated carbocycles. The minimum atomic E-state index is -0.990. The molecule has 2 atom stereocenters. The van der Waals surface area contributed by atoms with Crippen molar-refractivity contribution in [1.29, 1.82) is 0 Å². The predicted molar refractivity (Wildman–Crippen MR) is 51.5 cm³/mol. The van der Waals surface area contributed by atoms with Gasteiger partial charge in [-0.05, 0) is 18.1 Å². The van der Waals surface area contributed by atoms with Gasteiger partial charge in [-0.15, -0.1) is 0 Å². The molecule has 0 heterocycles. The van der Waals surface area contributed by atoms with Gasteiger partial charge in [0.05, 0.1) is 10.8 Å². The molecule has 6 heteroatoms. The maximum absolute atomic E-state index is 13.3. The van der Waals surface area contributed by atoms with Gasteiger partial charge < -0.3 is 5.11 Å². The molecule has 1 aliphatic rings. The molecule has 0 radical (unpaired) electrons. The molecule has 84 valence electrons. The number of nitro benzene ring substituents is 1. The van der Waals surface area contributed by atoms with Gasteiger partial charge in [-0.25, -0.2) is 4.39 Å². The maximum Gasteiger partial charge on any atom is 0.307 e. The Bertz CT molecular complexity index is 474. The highest BCUT2D eigenvalue weighted by Gasteiger charge is 2.45. The molecule has 16 heavy (non-hydrogen) atoms. The number of halogens is 1. The summed E-state index contributed by atoms with van der Waals surface area (Å²) in [6, 6.07) is 3.19. The van der Waals surface area contributed by atoms with Crippen molar-refractivity contribution in [3.05, 3.63) is 39.7 Å². The first-order valence-corrected chi connectivity index (χ1v) is 4.67. The fraction of sp³-hybridized carbons (Fsp3) is 0.300. The van der Waals surface area contributed by atoms with Crippen LogP contribution >= 0.6 is 0 Å². The van der Waals surface area contributed by atoms with Gasteiger partial charge >= 0.3 is 5.97 Å². The fourth-order valence-corrected chi connectivity index (χ4v) is 1.74. The van der Waals surface area contributed by atoms with Gasteiger partial charge in [0.2, 0.25) is 0 Å². The van der Waals surface area contributed by atoms with Crippen molar-refractivity contribution in [1.82, 2.24) is 0 Å². The van der Waals surface area contributed by atoms with Crippen LogP contribution < -0.4 is 0 Å². The Hall–Kier alpha value is -1.98. The number of carboxylic acids is 1. The zero-order chi connectivity index (χ0) is 11.9. The van der Waals surface area contributed by atoms with Gasteiger partial charge in [0.15, 0.2) is 0 Å². The van der Waals surface area contributed by atoms with E-state index in [4.69, 9.17) is 5.11 Å². The largest absolute Gasteiger partial charge is 0.481 e. The van der Waals surface area contributed by atoms with Crippen LogP contribution in [0.25, 0.3) is 0 Å². The lowest BCUT2D eigenvalue weighted by molar-refractivity contribution is -0.385. The van der Waals surface area contributed by atoms with Crippen molar-refractivity contribution in [3.8, 4) is 0 Å². The van der Waals surface area contributed by atoms with Crippen molar-refractivity contribution in [2.45, 2.75) is 12.3 Å². The van der Waals surface area contributed by atoms with Crippen molar-refractivity contribution in [2.75, 3.05) is 0 Å². The quantitative estimate of drug-likeness (QED) is 0.629. The van der Waals surface area contributed by atoms with Gasteiger partial charge in [0, 0.05) is 18.1 Å². The summed E-state index contributed by atoms with van der Waals surface area (Å²) in [6.07, 6.45) is 0.341. The van der Waals surface area contributed by atoms with Gasteiger partial charge in [0.25, 0.3) is 5.69 Å². The molecule has 1 N–H and O–H groups in total. The molecule has 2 rings (SSSR count). The van der Waals surface area contributed by atoms with E-state index in [9.17, 15) is 19.3 Å². The van der Waals surface area contributed by atoms with Gasteiger partial charge in [-0.3, -0.25) is 14.9 Å². The number of carboxylic acid groups (broad SMARTS) is 1.